The van der Waals surface area contributed by atoms with Crippen molar-refractivity contribution in [2.24, 2.45) is 5.16 Å². The van der Waals surface area contributed by atoms with E-state index in [2.05, 4.69) is 15.4 Å². The molecule has 1 aliphatic heterocycles. The third-order valence-corrected chi connectivity index (χ3v) is 4.36. The van der Waals surface area contributed by atoms with Crippen molar-refractivity contribution < 1.29 is 18.4 Å². The van der Waals surface area contributed by atoms with E-state index in [1.165, 1.54) is 18.3 Å². The zero-order valence-electron chi connectivity index (χ0n) is 12.1. The van der Waals surface area contributed by atoms with Crippen LogP contribution in [-0.2, 0) is 15.9 Å². The lowest BCUT2D eigenvalue weighted by atomic mass is 9.93. The lowest BCUT2D eigenvalue weighted by molar-refractivity contribution is 0.103. The summed E-state index contributed by atoms with van der Waals surface area (Å²) in [4.78, 5) is 29.3. The van der Waals surface area contributed by atoms with Gasteiger partial charge in [-0.1, -0.05) is 5.16 Å². The van der Waals surface area contributed by atoms with E-state index in [4.69, 9.17) is 4.84 Å². The Morgan fingerprint density at radius 2 is 2.17 bits per heavy atom. The number of ketones is 1. The van der Waals surface area contributed by atoms with Crippen molar-refractivity contribution >= 4 is 22.6 Å². The Morgan fingerprint density at radius 1 is 1.39 bits per heavy atom. The van der Waals surface area contributed by atoms with Crippen molar-refractivity contribution in [2.45, 2.75) is 18.2 Å². The maximum atomic E-state index is 12.5. The van der Waals surface area contributed by atoms with E-state index in [0.29, 0.717) is 29.9 Å². The summed E-state index contributed by atoms with van der Waals surface area (Å²) in [6.07, 6.45) is 1.77. The van der Waals surface area contributed by atoms with E-state index in [1.54, 1.807) is 6.92 Å². The molecule has 0 amide bonds. The minimum atomic E-state index is -2.23. The summed E-state index contributed by atoms with van der Waals surface area (Å²) in [6.45, 7) is 2.03. The number of H-pyrrole nitrogens is 2. The second-order valence-electron chi connectivity index (χ2n) is 4.97. The number of nitrogens with one attached hydrogen (secondary N) is 2. The van der Waals surface area contributed by atoms with Crippen molar-refractivity contribution in [1.82, 2.24) is 10.2 Å². The van der Waals surface area contributed by atoms with Gasteiger partial charge in [0, 0.05) is 23.7 Å². The van der Waals surface area contributed by atoms with Gasteiger partial charge < -0.3 is 14.5 Å². The summed E-state index contributed by atoms with van der Waals surface area (Å²) in [5.41, 5.74) is 1.14. The van der Waals surface area contributed by atoms with Crippen LogP contribution in [0.1, 0.15) is 33.5 Å². The van der Waals surface area contributed by atoms with E-state index in [9.17, 15) is 18.4 Å². The summed E-state index contributed by atoms with van der Waals surface area (Å²) in [5.74, 6) is -0.471. The van der Waals surface area contributed by atoms with Crippen molar-refractivity contribution in [3.63, 3.8) is 0 Å². The molecule has 0 spiro atoms. The molecule has 9 heteroatoms. The molecule has 2 aromatic rings. The van der Waals surface area contributed by atoms with Crippen LogP contribution in [0.5, 0.6) is 0 Å². The molecule has 1 aromatic carbocycles. The predicted molar refractivity (Wildman–Crippen MR) is 82.2 cm³/mol. The molecule has 0 aliphatic carbocycles. The Labute approximate surface area is 132 Å². The number of carbonyl (C=O) groups is 1. The summed E-state index contributed by atoms with van der Waals surface area (Å²) in [6, 6.07) is 2.83. The Bertz CT molecular complexity index is 896. The van der Waals surface area contributed by atoms with Crippen LogP contribution in [0.2, 0.25) is 0 Å². The van der Waals surface area contributed by atoms with Gasteiger partial charge in [0.25, 0.3) is 5.56 Å². The smallest absolute Gasteiger partial charge is 0.275 e. The maximum Gasteiger partial charge on any atom is 0.275 e. The highest BCUT2D eigenvalue weighted by molar-refractivity contribution is 7.79. The topological polar surface area (TPSA) is 125 Å². The van der Waals surface area contributed by atoms with Gasteiger partial charge >= 0.3 is 0 Å². The molecule has 1 unspecified atom stereocenters. The van der Waals surface area contributed by atoms with Crippen LogP contribution >= 0.6 is 0 Å². The standard InChI is InChI=1S/C14H13N3O5S/c1-7-8(13(18)9-6-15-16-14(9)19)2-3-11(23(20)21)12(7)10-4-5-22-17-10/h2-3,6H,4-5H2,1H3,(H,20,21)(H2,15,16,19). The van der Waals surface area contributed by atoms with Crippen LogP contribution in [0.25, 0.3) is 0 Å². The van der Waals surface area contributed by atoms with Crippen molar-refractivity contribution in [2.75, 3.05) is 6.61 Å². The van der Waals surface area contributed by atoms with Crippen LogP contribution in [0.15, 0.2) is 33.2 Å². The number of hydrogen-bond acceptors (Lipinski definition) is 5. The largest absolute Gasteiger partial charge is 0.395 e. The van der Waals surface area contributed by atoms with Gasteiger partial charge in [0.05, 0.1) is 10.6 Å². The summed E-state index contributed by atoms with van der Waals surface area (Å²) >= 11 is -2.23. The van der Waals surface area contributed by atoms with Crippen molar-refractivity contribution in [3.05, 3.63) is 50.9 Å². The quantitative estimate of drug-likeness (QED) is 0.567. The summed E-state index contributed by atoms with van der Waals surface area (Å²) in [7, 11) is 0. The fraction of sp³-hybridized carbons (Fsp3) is 0.214. The highest BCUT2D eigenvalue weighted by Crippen LogP contribution is 2.26. The highest BCUT2D eigenvalue weighted by Gasteiger charge is 2.25. The normalized spacial score (nSPS) is 15.1. The van der Waals surface area contributed by atoms with E-state index in [0.717, 1.165) is 0 Å². The van der Waals surface area contributed by atoms with E-state index in [1.807, 2.05) is 0 Å². The minimum absolute atomic E-state index is 0.0264. The van der Waals surface area contributed by atoms with Crippen molar-refractivity contribution in [3.8, 4) is 0 Å². The average Bonchev–Trinajstić information content (AvgIpc) is 3.17. The first-order valence-corrected chi connectivity index (χ1v) is 7.85. The van der Waals surface area contributed by atoms with Gasteiger partial charge in [-0.3, -0.25) is 14.7 Å². The Balaban J connectivity index is 2.19. The third kappa shape index (κ3) is 2.64. The first-order valence-electron chi connectivity index (χ1n) is 6.75. The number of nitrogens with zero attached hydrogens (tertiary/aromatic N) is 1. The first-order chi connectivity index (χ1) is 11.0. The zero-order valence-corrected chi connectivity index (χ0v) is 12.9. The van der Waals surface area contributed by atoms with Crippen LogP contribution in [0.4, 0.5) is 0 Å². The number of oxime groups is 1. The molecule has 0 saturated heterocycles. The van der Waals surface area contributed by atoms with Gasteiger partial charge in [-0.2, -0.15) is 0 Å². The third-order valence-electron chi connectivity index (χ3n) is 3.64. The highest BCUT2D eigenvalue weighted by atomic mass is 32.2. The zero-order chi connectivity index (χ0) is 16.6. The number of rotatable bonds is 4. The number of aromatic nitrogens is 2. The monoisotopic (exact) mass is 335 g/mol. The summed E-state index contributed by atoms with van der Waals surface area (Å²) in [5, 5.41) is 8.66. The predicted octanol–water partition coefficient (Wildman–Crippen LogP) is 0.947. The SMILES string of the molecule is Cc1c(C(=O)c2c[nH][nH]c2=O)ccc(S(=O)O)c1C1=NOCC1. The van der Waals surface area contributed by atoms with Crippen LogP contribution in [0, 0.1) is 6.92 Å². The molecule has 3 rings (SSSR count). The second-order valence-corrected chi connectivity index (χ2v) is 5.91. The van der Waals surface area contributed by atoms with Crippen LogP contribution in [-0.4, -0.2) is 37.1 Å². The minimum Gasteiger partial charge on any atom is -0.395 e. The molecule has 8 nitrogen and oxygen atoms in total. The average molecular weight is 335 g/mol. The first kappa shape index (κ1) is 15.4. The summed E-state index contributed by atoms with van der Waals surface area (Å²) < 4.78 is 21.0. The Kier molecular flexibility index (Phi) is 3.97. The van der Waals surface area contributed by atoms with Gasteiger partial charge in [0.15, 0.2) is 16.9 Å². The molecule has 0 bridgehead atoms. The fourth-order valence-electron chi connectivity index (χ4n) is 2.54. The second kappa shape index (κ2) is 5.94. The van der Waals surface area contributed by atoms with E-state index >= 15 is 0 Å². The molecular weight excluding hydrogens is 322 g/mol. The van der Waals surface area contributed by atoms with Crippen molar-refractivity contribution in [1.29, 1.82) is 0 Å². The fourth-order valence-corrected chi connectivity index (χ4v) is 3.17. The Morgan fingerprint density at radius 3 is 2.74 bits per heavy atom. The van der Waals surface area contributed by atoms with Crippen LogP contribution in [0.3, 0.4) is 0 Å². The van der Waals surface area contributed by atoms with Gasteiger partial charge in [-0.15, -0.1) is 0 Å². The molecule has 23 heavy (non-hydrogen) atoms. The number of hydrogen-bond donors (Lipinski definition) is 3. The lowest BCUT2D eigenvalue weighted by Crippen LogP contribution is -2.17. The van der Waals surface area contributed by atoms with Gasteiger partial charge in [-0.25, -0.2) is 4.21 Å². The molecule has 0 saturated carbocycles. The maximum absolute atomic E-state index is 12.5. The number of benzene rings is 1. The molecule has 0 radical (unpaired) electrons. The molecular formula is C14H13N3O5S. The van der Waals surface area contributed by atoms with Gasteiger partial charge in [0.1, 0.15) is 12.2 Å². The van der Waals surface area contributed by atoms with E-state index in [-0.39, 0.29) is 16.0 Å². The Hall–Kier alpha value is -2.52. The van der Waals surface area contributed by atoms with Crippen LogP contribution < -0.4 is 5.56 Å². The van der Waals surface area contributed by atoms with Gasteiger partial charge in [0.2, 0.25) is 0 Å². The molecule has 120 valence electrons. The van der Waals surface area contributed by atoms with Gasteiger partial charge in [-0.05, 0) is 24.6 Å². The molecule has 1 aromatic heterocycles. The number of carbonyl (C=O) groups excluding carboxylic acids is 1. The molecule has 1 aliphatic rings. The van der Waals surface area contributed by atoms with E-state index < -0.39 is 22.4 Å². The number of aromatic amines is 2. The molecule has 3 N–H and O–H groups in total. The molecule has 0 fully saturated rings. The molecule has 2 heterocycles. The molecule has 1 atom stereocenters. The lowest BCUT2D eigenvalue weighted by Gasteiger charge is -2.12.